The molecule has 0 saturated heterocycles. The van der Waals surface area contributed by atoms with Crippen LogP contribution in [0.2, 0.25) is 0 Å². The molecule has 1 saturated carbocycles. The van der Waals surface area contributed by atoms with E-state index in [2.05, 4.69) is 10.3 Å². The molecule has 0 aliphatic heterocycles. The van der Waals surface area contributed by atoms with E-state index in [1.54, 1.807) is 12.5 Å². The summed E-state index contributed by atoms with van der Waals surface area (Å²) in [4.78, 5) is 16.8. The van der Waals surface area contributed by atoms with Crippen molar-refractivity contribution in [2.75, 3.05) is 0 Å². The van der Waals surface area contributed by atoms with Crippen molar-refractivity contribution in [1.82, 2.24) is 10.3 Å². The summed E-state index contributed by atoms with van der Waals surface area (Å²) in [6.45, 7) is 0. The number of hydrogen-bond donors (Lipinski definition) is 2. The van der Waals surface area contributed by atoms with E-state index in [1.807, 2.05) is 36.4 Å². The zero-order chi connectivity index (χ0) is 17.2. The Morgan fingerprint density at radius 3 is 2.60 bits per heavy atom. The predicted octanol–water partition coefficient (Wildman–Crippen LogP) is 3.53. The Morgan fingerprint density at radius 1 is 1.08 bits per heavy atom. The molecular formula is C20H20N2O3. The van der Waals surface area contributed by atoms with Crippen molar-refractivity contribution in [2.24, 2.45) is 0 Å². The van der Waals surface area contributed by atoms with Gasteiger partial charge in [0.1, 0.15) is 5.58 Å². The number of aliphatic hydroxyl groups excluding tert-OH is 1. The third-order valence-corrected chi connectivity index (χ3v) is 4.83. The highest BCUT2D eigenvalue weighted by Crippen LogP contribution is 2.27. The Hall–Kier alpha value is -2.66. The van der Waals surface area contributed by atoms with E-state index in [9.17, 15) is 9.90 Å². The fraction of sp³-hybridized carbons (Fsp3) is 0.300. The number of nitrogens with one attached hydrogen (secondary N) is 1. The van der Waals surface area contributed by atoms with Crippen molar-refractivity contribution in [3.05, 3.63) is 54.4 Å². The summed E-state index contributed by atoms with van der Waals surface area (Å²) in [6.07, 6.45) is 6.33. The molecule has 0 radical (unpaired) electrons. The Morgan fingerprint density at radius 2 is 1.84 bits per heavy atom. The lowest BCUT2D eigenvalue weighted by atomic mass is 9.93. The van der Waals surface area contributed by atoms with Crippen LogP contribution in [0.3, 0.4) is 0 Å². The predicted molar refractivity (Wildman–Crippen MR) is 95.2 cm³/mol. The summed E-state index contributed by atoms with van der Waals surface area (Å²) >= 11 is 0. The van der Waals surface area contributed by atoms with Gasteiger partial charge in [-0.05, 0) is 49.9 Å². The number of pyridine rings is 1. The summed E-state index contributed by atoms with van der Waals surface area (Å²) in [5, 5.41) is 13.6. The Balaban J connectivity index is 1.50. The second-order valence-electron chi connectivity index (χ2n) is 6.55. The van der Waals surface area contributed by atoms with Gasteiger partial charge in [-0.2, -0.15) is 0 Å². The number of nitrogens with zero attached hydrogens (tertiary/aromatic N) is 1. The molecule has 2 aromatic heterocycles. The van der Waals surface area contributed by atoms with Gasteiger partial charge in [-0.1, -0.05) is 12.1 Å². The number of carbonyl (C=O) groups excluding carboxylic acids is 1. The van der Waals surface area contributed by atoms with Crippen LogP contribution in [0.4, 0.5) is 0 Å². The average molecular weight is 336 g/mol. The number of furan rings is 1. The molecule has 1 fully saturated rings. The van der Waals surface area contributed by atoms with Gasteiger partial charge < -0.3 is 14.8 Å². The maximum Gasteiger partial charge on any atom is 0.251 e. The molecule has 25 heavy (non-hydrogen) atoms. The molecule has 4 rings (SSSR count). The quantitative estimate of drug-likeness (QED) is 0.767. The van der Waals surface area contributed by atoms with Crippen molar-refractivity contribution in [3.8, 4) is 11.3 Å². The maximum absolute atomic E-state index is 12.4. The summed E-state index contributed by atoms with van der Waals surface area (Å²) in [5.41, 5.74) is 3.23. The summed E-state index contributed by atoms with van der Waals surface area (Å²) < 4.78 is 5.41. The van der Waals surface area contributed by atoms with E-state index in [0.717, 1.165) is 47.9 Å². The number of carbonyl (C=O) groups is 1. The van der Waals surface area contributed by atoms with Crippen LogP contribution in [0.25, 0.3) is 22.2 Å². The highest BCUT2D eigenvalue weighted by Gasteiger charge is 2.21. The zero-order valence-corrected chi connectivity index (χ0v) is 13.8. The lowest BCUT2D eigenvalue weighted by Crippen LogP contribution is -2.38. The van der Waals surface area contributed by atoms with Gasteiger partial charge in [-0.3, -0.25) is 9.78 Å². The van der Waals surface area contributed by atoms with Crippen LogP contribution < -0.4 is 5.32 Å². The van der Waals surface area contributed by atoms with Crippen LogP contribution in [-0.4, -0.2) is 28.1 Å². The van der Waals surface area contributed by atoms with Crippen molar-refractivity contribution >= 4 is 16.9 Å². The zero-order valence-electron chi connectivity index (χ0n) is 13.8. The molecule has 0 atom stereocenters. The van der Waals surface area contributed by atoms with Gasteiger partial charge in [0, 0.05) is 28.8 Å². The standard InChI is InChI=1S/C20H20N2O3/c23-16-7-5-15(6-8-16)22-20(24)14-3-1-13(2-4-14)19-17-10-12-25-18(17)9-11-21-19/h1-4,9-12,15-16,23H,5-8H2,(H,22,24)/t15-,16-. The van der Waals surface area contributed by atoms with Gasteiger partial charge in [0.25, 0.3) is 5.91 Å². The van der Waals surface area contributed by atoms with Crippen molar-refractivity contribution in [3.63, 3.8) is 0 Å². The molecule has 0 spiro atoms. The van der Waals surface area contributed by atoms with E-state index in [4.69, 9.17) is 4.42 Å². The fourth-order valence-corrected chi connectivity index (χ4v) is 3.39. The number of fused-ring (bicyclic) bond motifs is 1. The smallest absolute Gasteiger partial charge is 0.251 e. The minimum Gasteiger partial charge on any atom is -0.464 e. The Labute approximate surface area is 145 Å². The molecule has 5 heteroatoms. The number of rotatable bonds is 3. The number of amides is 1. The molecule has 1 aromatic carbocycles. The summed E-state index contributed by atoms with van der Waals surface area (Å²) in [7, 11) is 0. The SMILES string of the molecule is O=C(N[C@H]1CC[C@H](O)CC1)c1ccc(-c2nccc3occc23)cc1. The molecule has 1 aliphatic carbocycles. The van der Waals surface area contributed by atoms with Gasteiger partial charge >= 0.3 is 0 Å². The normalized spacial score (nSPS) is 20.5. The molecular weight excluding hydrogens is 316 g/mol. The number of benzene rings is 1. The third-order valence-electron chi connectivity index (χ3n) is 4.83. The Bertz CT molecular complexity index is 877. The fourth-order valence-electron chi connectivity index (χ4n) is 3.39. The molecule has 2 heterocycles. The van der Waals surface area contributed by atoms with Crippen LogP contribution in [-0.2, 0) is 0 Å². The maximum atomic E-state index is 12.4. The Kier molecular flexibility index (Phi) is 4.24. The molecule has 128 valence electrons. The van der Waals surface area contributed by atoms with Gasteiger partial charge in [0.15, 0.2) is 0 Å². The molecule has 1 amide bonds. The molecule has 1 aliphatic rings. The lowest BCUT2D eigenvalue weighted by molar-refractivity contribution is 0.0867. The van der Waals surface area contributed by atoms with Crippen LogP contribution in [0.5, 0.6) is 0 Å². The van der Waals surface area contributed by atoms with Crippen molar-refractivity contribution < 1.29 is 14.3 Å². The van der Waals surface area contributed by atoms with Gasteiger partial charge in [0.2, 0.25) is 0 Å². The van der Waals surface area contributed by atoms with Crippen LogP contribution >= 0.6 is 0 Å². The molecule has 0 bridgehead atoms. The van der Waals surface area contributed by atoms with Gasteiger partial charge in [-0.15, -0.1) is 0 Å². The number of aliphatic hydroxyl groups is 1. The van der Waals surface area contributed by atoms with E-state index < -0.39 is 0 Å². The largest absolute Gasteiger partial charge is 0.464 e. The molecule has 5 nitrogen and oxygen atoms in total. The van der Waals surface area contributed by atoms with E-state index in [0.29, 0.717) is 5.56 Å². The first-order chi connectivity index (χ1) is 12.2. The summed E-state index contributed by atoms with van der Waals surface area (Å²) in [5.74, 6) is -0.0672. The first-order valence-corrected chi connectivity index (χ1v) is 8.62. The van der Waals surface area contributed by atoms with Gasteiger partial charge in [-0.25, -0.2) is 0 Å². The highest BCUT2D eigenvalue weighted by molar-refractivity contribution is 5.96. The van der Waals surface area contributed by atoms with Crippen LogP contribution in [0, 0.1) is 0 Å². The minimum atomic E-state index is -0.217. The van der Waals surface area contributed by atoms with E-state index in [1.165, 1.54) is 0 Å². The first-order valence-electron chi connectivity index (χ1n) is 8.62. The average Bonchev–Trinajstić information content (AvgIpc) is 3.12. The number of hydrogen-bond acceptors (Lipinski definition) is 4. The molecule has 0 unspecified atom stereocenters. The summed E-state index contributed by atoms with van der Waals surface area (Å²) in [6, 6.07) is 11.4. The van der Waals surface area contributed by atoms with Crippen molar-refractivity contribution in [1.29, 1.82) is 0 Å². The van der Waals surface area contributed by atoms with Crippen molar-refractivity contribution in [2.45, 2.75) is 37.8 Å². The monoisotopic (exact) mass is 336 g/mol. The van der Waals surface area contributed by atoms with E-state index in [-0.39, 0.29) is 18.1 Å². The molecule has 2 N–H and O–H groups in total. The highest BCUT2D eigenvalue weighted by atomic mass is 16.3. The minimum absolute atomic E-state index is 0.0672. The molecule has 3 aromatic rings. The van der Waals surface area contributed by atoms with Crippen LogP contribution in [0.15, 0.2) is 53.3 Å². The second-order valence-corrected chi connectivity index (χ2v) is 6.55. The second kappa shape index (κ2) is 6.69. The van der Waals surface area contributed by atoms with E-state index >= 15 is 0 Å². The first kappa shape index (κ1) is 15.8. The number of aromatic nitrogens is 1. The topological polar surface area (TPSA) is 75.4 Å². The third kappa shape index (κ3) is 3.28. The van der Waals surface area contributed by atoms with Gasteiger partial charge in [0.05, 0.1) is 18.1 Å². The lowest BCUT2D eigenvalue weighted by Gasteiger charge is -2.26. The van der Waals surface area contributed by atoms with Crippen LogP contribution in [0.1, 0.15) is 36.0 Å².